The van der Waals surface area contributed by atoms with Crippen LogP contribution in [0.4, 0.5) is 0 Å². The maximum absolute atomic E-state index is 4.64. The SMILES string of the molecule is Cn1c(=N/C=C/c2sc3ccccc3[n+]2C)sc2ccccc21. The summed E-state index contributed by atoms with van der Waals surface area (Å²) in [5.74, 6) is 0. The molecule has 0 aliphatic rings. The summed E-state index contributed by atoms with van der Waals surface area (Å²) in [5, 5.41) is 1.19. The molecule has 0 atom stereocenters. The maximum Gasteiger partial charge on any atom is 0.264 e. The fourth-order valence-electron chi connectivity index (χ4n) is 2.63. The fourth-order valence-corrected chi connectivity index (χ4v) is 4.68. The zero-order chi connectivity index (χ0) is 15.8. The summed E-state index contributed by atoms with van der Waals surface area (Å²) in [7, 11) is 4.16. The first-order valence-electron chi connectivity index (χ1n) is 7.36. The lowest BCUT2D eigenvalue weighted by Gasteiger charge is -1.92. The summed E-state index contributed by atoms with van der Waals surface area (Å²) < 4.78 is 6.89. The summed E-state index contributed by atoms with van der Waals surface area (Å²) in [6.45, 7) is 0. The van der Waals surface area contributed by atoms with Crippen molar-refractivity contribution in [3.05, 3.63) is 64.5 Å². The van der Waals surface area contributed by atoms with Crippen molar-refractivity contribution in [2.75, 3.05) is 0 Å². The first-order valence-corrected chi connectivity index (χ1v) is 9.00. The van der Waals surface area contributed by atoms with Crippen LogP contribution in [-0.2, 0) is 14.1 Å². The van der Waals surface area contributed by atoms with Gasteiger partial charge in [-0.3, -0.25) is 0 Å². The molecule has 3 nitrogen and oxygen atoms in total. The summed E-state index contributed by atoms with van der Waals surface area (Å²) in [6, 6.07) is 16.8. The Hall–Kier alpha value is -2.24. The van der Waals surface area contributed by atoms with Crippen LogP contribution in [0.25, 0.3) is 26.5 Å². The van der Waals surface area contributed by atoms with Gasteiger partial charge in [-0.2, -0.15) is 4.57 Å². The number of hydrogen-bond acceptors (Lipinski definition) is 3. The third kappa shape index (κ3) is 2.52. The van der Waals surface area contributed by atoms with Crippen molar-refractivity contribution in [1.29, 1.82) is 0 Å². The van der Waals surface area contributed by atoms with Crippen LogP contribution in [0.2, 0.25) is 0 Å². The minimum Gasteiger partial charge on any atom is -0.320 e. The molecule has 0 saturated heterocycles. The lowest BCUT2D eigenvalue weighted by atomic mass is 10.3. The van der Waals surface area contributed by atoms with Gasteiger partial charge in [-0.15, -0.1) is 0 Å². The van der Waals surface area contributed by atoms with Gasteiger partial charge in [0.1, 0.15) is 11.7 Å². The van der Waals surface area contributed by atoms with Crippen LogP contribution in [-0.4, -0.2) is 4.57 Å². The quantitative estimate of drug-likeness (QED) is 0.495. The van der Waals surface area contributed by atoms with E-state index in [0.717, 1.165) is 4.80 Å². The molecule has 2 aromatic heterocycles. The molecule has 0 spiro atoms. The van der Waals surface area contributed by atoms with E-state index in [2.05, 4.69) is 82.8 Å². The van der Waals surface area contributed by atoms with E-state index in [-0.39, 0.29) is 0 Å². The largest absolute Gasteiger partial charge is 0.320 e. The van der Waals surface area contributed by atoms with E-state index < -0.39 is 0 Å². The Labute approximate surface area is 142 Å². The molecular formula is C18H16N3S2+. The van der Waals surface area contributed by atoms with Crippen LogP contribution in [0.1, 0.15) is 5.01 Å². The Morgan fingerprint density at radius 1 is 1.00 bits per heavy atom. The van der Waals surface area contributed by atoms with Crippen LogP contribution < -0.4 is 9.37 Å². The Bertz CT molecular complexity index is 1100. The van der Waals surface area contributed by atoms with Gasteiger partial charge in [0.15, 0.2) is 4.80 Å². The molecule has 0 aliphatic carbocycles. The molecule has 0 fully saturated rings. The lowest BCUT2D eigenvalue weighted by molar-refractivity contribution is -0.642. The topological polar surface area (TPSA) is 21.2 Å². The van der Waals surface area contributed by atoms with E-state index in [4.69, 9.17) is 0 Å². The second kappa shape index (κ2) is 5.76. The highest BCUT2D eigenvalue weighted by Crippen LogP contribution is 2.20. The molecule has 114 valence electrons. The average molecular weight is 338 g/mol. The summed E-state index contributed by atoms with van der Waals surface area (Å²) in [6.07, 6.45) is 3.98. The number of rotatable bonds is 2. The average Bonchev–Trinajstić information content (AvgIpc) is 3.07. The molecule has 2 aromatic carbocycles. The van der Waals surface area contributed by atoms with Crippen molar-refractivity contribution in [3.8, 4) is 0 Å². The van der Waals surface area contributed by atoms with Gasteiger partial charge < -0.3 is 4.57 Å². The number of para-hydroxylation sites is 2. The fraction of sp³-hybridized carbons (Fsp3) is 0.111. The van der Waals surface area contributed by atoms with Gasteiger partial charge in [-0.25, -0.2) is 4.99 Å². The Kier molecular flexibility index (Phi) is 3.59. The Morgan fingerprint density at radius 2 is 1.74 bits per heavy atom. The van der Waals surface area contributed by atoms with Gasteiger partial charge in [-0.1, -0.05) is 46.9 Å². The third-order valence-electron chi connectivity index (χ3n) is 3.89. The van der Waals surface area contributed by atoms with Crippen molar-refractivity contribution in [1.82, 2.24) is 4.57 Å². The van der Waals surface area contributed by atoms with Crippen molar-refractivity contribution >= 4 is 49.2 Å². The van der Waals surface area contributed by atoms with Gasteiger partial charge in [0.2, 0.25) is 5.52 Å². The van der Waals surface area contributed by atoms with Crippen LogP contribution in [0.5, 0.6) is 0 Å². The van der Waals surface area contributed by atoms with Gasteiger partial charge >= 0.3 is 0 Å². The summed E-state index contributed by atoms with van der Waals surface area (Å²) >= 11 is 3.49. The van der Waals surface area contributed by atoms with Crippen LogP contribution in [0, 0.1) is 0 Å². The van der Waals surface area contributed by atoms with Crippen molar-refractivity contribution in [3.63, 3.8) is 0 Å². The molecule has 0 N–H and O–H groups in total. The van der Waals surface area contributed by atoms with Crippen molar-refractivity contribution in [2.45, 2.75) is 0 Å². The second-order valence-corrected chi connectivity index (χ2v) is 7.39. The van der Waals surface area contributed by atoms with E-state index in [1.807, 2.05) is 6.20 Å². The number of fused-ring (bicyclic) bond motifs is 2. The molecule has 23 heavy (non-hydrogen) atoms. The Balaban J connectivity index is 1.75. The monoisotopic (exact) mass is 338 g/mol. The number of aromatic nitrogens is 2. The highest BCUT2D eigenvalue weighted by Gasteiger charge is 2.13. The van der Waals surface area contributed by atoms with Crippen LogP contribution in [0.3, 0.4) is 0 Å². The molecule has 0 saturated carbocycles. The number of hydrogen-bond donors (Lipinski definition) is 0. The molecule has 4 aromatic rings. The van der Waals surface area contributed by atoms with E-state index >= 15 is 0 Å². The molecule has 0 unspecified atom stereocenters. The molecule has 5 heteroatoms. The molecule has 4 rings (SSSR count). The minimum atomic E-state index is 1.01. The standard InChI is InChI=1S/C18H16N3S2/c1-20-13-7-3-5-9-15(13)22-17(20)11-12-19-18-21(2)14-8-4-6-10-16(14)23-18/h3-12H,1-2H3/q+1. The van der Waals surface area contributed by atoms with Gasteiger partial charge in [0, 0.05) is 25.4 Å². The zero-order valence-electron chi connectivity index (χ0n) is 12.9. The number of aryl methyl sites for hydroxylation is 2. The lowest BCUT2D eigenvalue weighted by Crippen LogP contribution is -2.28. The van der Waals surface area contributed by atoms with Crippen molar-refractivity contribution < 1.29 is 4.57 Å². The maximum atomic E-state index is 4.64. The molecule has 0 amide bonds. The number of benzene rings is 2. The van der Waals surface area contributed by atoms with Crippen molar-refractivity contribution in [2.24, 2.45) is 19.1 Å². The first-order chi connectivity index (χ1) is 11.2. The molecular weight excluding hydrogens is 322 g/mol. The van der Waals surface area contributed by atoms with Gasteiger partial charge in [0.25, 0.3) is 5.01 Å². The molecule has 0 radical (unpaired) electrons. The first kappa shape index (κ1) is 14.4. The van der Waals surface area contributed by atoms with E-state index in [1.165, 1.54) is 25.4 Å². The molecule has 0 bridgehead atoms. The third-order valence-corrected chi connectivity index (χ3v) is 6.20. The number of thiazole rings is 2. The molecule has 2 heterocycles. The number of nitrogens with zero attached hydrogens (tertiary/aromatic N) is 3. The normalized spacial score (nSPS) is 12.9. The predicted octanol–water partition coefficient (Wildman–Crippen LogP) is 3.85. The predicted molar refractivity (Wildman–Crippen MR) is 98.4 cm³/mol. The summed E-state index contributed by atoms with van der Waals surface area (Å²) in [4.78, 5) is 5.65. The highest BCUT2D eigenvalue weighted by atomic mass is 32.1. The van der Waals surface area contributed by atoms with Crippen LogP contribution in [0.15, 0.2) is 59.7 Å². The Morgan fingerprint density at radius 3 is 2.52 bits per heavy atom. The van der Waals surface area contributed by atoms with E-state index in [1.54, 1.807) is 22.7 Å². The van der Waals surface area contributed by atoms with Crippen LogP contribution >= 0.6 is 22.7 Å². The molecule has 0 aliphatic heterocycles. The summed E-state index contributed by atoms with van der Waals surface area (Å²) in [5.41, 5.74) is 2.47. The second-order valence-electron chi connectivity index (χ2n) is 5.32. The van der Waals surface area contributed by atoms with E-state index in [9.17, 15) is 0 Å². The minimum absolute atomic E-state index is 1.01. The van der Waals surface area contributed by atoms with Gasteiger partial charge in [-0.05, 0) is 18.2 Å². The zero-order valence-corrected chi connectivity index (χ0v) is 14.6. The smallest absolute Gasteiger partial charge is 0.264 e. The van der Waals surface area contributed by atoms with E-state index in [0.29, 0.717) is 0 Å². The van der Waals surface area contributed by atoms with Gasteiger partial charge in [0.05, 0.1) is 10.2 Å². The highest BCUT2D eigenvalue weighted by molar-refractivity contribution is 7.18.